The summed E-state index contributed by atoms with van der Waals surface area (Å²) in [5, 5.41) is 10.3. The van der Waals surface area contributed by atoms with Gasteiger partial charge in [0.25, 0.3) is 0 Å². The molecule has 33 heavy (non-hydrogen) atoms. The van der Waals surface area contributed by atoms with E-state index in [0.717, 1.165) is 11.8 Å². The van der Waals surface area contributed by atoms with Crippen LogP contribution in [0.3, 0.4) is 0 Å². The molecule has 1 aliphatic rings. The Morgan fingerprint density at radius 3 is 2.79 bits per heavy atom. The lowest BCUT2D eigenvalue weighted by atomic mass is 9.90. The van der Waals surface area contributed by atoms with Crippen molar-refractivity contribution in [2.45, 2.75) is 39.0 Å². The minimum Gasteiger partial charge on any atom is -0.491 e. The first-order valence-electron chi connectivity index (χ1n) is 11.3. The topological polar surface area (TPSA) is 109 Å². The molecule has 2 aromatic heterocycles. The van der Waals surface area contributed by atoms with Crippen LogP contribution in [0.2, 0.25) is 0 Å². The maximum absolute atomic E-state index is 12.1. The third kappa shape index (κ3) is 5.78. The van der Waals surface area contributed by atoms with Crippen LogP contribution in [-0.2, 0) is 11.0 Å². The highest BCUT2D eigenvalue weighted by Gasteiger charge is 2.19. The third-order valence-corrected chi connectivity index (χ3v) is 6.76. The monoisotopic (exact) mass is 467 g/mol. The van der Waals surface area contributed by atoms with E-state index in [1.54, 1.807) is 12.3 Å². The summed E-state index contributed by atoms with van der Waals surface area (Å²) in [5.41, 5.74) is 2.41. The zero-order valence-electron chi connectivity index (χ0n) is 18.7. The second-order valence-electron chi connectivity index (χ2n) is 8.08. The van der Waals surface area contributed by atoms with Gasteiger partial charge in [-0.05, 0) is 43.0 Å². The van der Waals surface area contributed by atoms with Crippen molar-refractivity contribution in [3.63, 3.8) is 0 Å². The molecule has 0 radical (unpaired) electrons. The number of carbonyl (C=O) groups excluding carboxylic acids is 1. The summed E-state index contributed by atoms with van der Waals surface area (Å²) in [7, 11) is -1.20. The van der Waals surface area contributed by atoms with E-state index in [0.29, 0.717) is 52.6 Å². The summed E-state index contributed by atoms with van der Waals surface area (Å²) in [6.07, 6.45) is 8.54. The van der Waals surface area contributed by atoms with Gasteiger partial charge in [0.15, 0.2) is 12.1 Å². The molecule has 3 N–H and O–H groups in total. The smallest absolute Gasteiger partial charge is 0.164 e. The van der Waals surface area contributed by atoms with Crippen LogP contribution in [0.4, 0.5) is 17.3 Å². The van der Waals surface area contributed by atoms with Crippen molar-refractivity contribution < 1.29 is 13.7 Å². The van der Waals surface area contributed by atoms with Crippen LogP contribution in [0.1, 0.15) is 49.4 Å². The van der Waals surface area contributed by atoms with Gasteiger partial charge in [-0.25, -0.2) is 9.19 Å². The second-order valence-corrected chi connectivity index (χ2v) is 9.55. The number of nitrogens with one attached hydrogen (secondary N) is 3. The number of pyridine rings is 1. The highest BCUT2D eigenvalue weighted by molar-refractivity contribution is 7.86. The first-order valence-corrected chi connectivity index (χ1v) is 12.6. The molecule has 1 unspecified atom stereocenters. The van der Waals surface area contributed by atoms with Crippen LogP contribution in [0.5, 0.6) is 5.75 Å². The Labute approximate surface area is 196 Å². The Hall–Kier alpha value is -3.20. The lowest BCUT2D eigenvalue weighted by Crippen LogP contribution is -2.16. The van der Waals surface area contributed by atoms with Crippen LogP contribution in [0.25, 0.3) is 11.3 Å². The van der Waals surface area contributed by atoms with Crippen LogP contribution in [0, 0.1) is 5.92 Å². The molecule has 0 bridgehead atoms. The van der Waals surface area contributed by atoms with Crippen LogP contribution < -0.4 is 14.8 Å². The SMILES string of the molecule is CCS(=O)Nc1ccc(-c2[nH]nc(Nc3ccccn3)c2C=O)cc1OCC1CCCCC1. The first kappa shape index (κ1) is 23.0. The maximum Gasteiger partial charge on any atom is 0.164 e. The molecule has 0 saturated heterocycles. The molecule has 0 spiro atoms. The fourth-order valence-corrected chi connectivity index (χ4v) is 4.53. The number of benzene rings is 1. The number of aromatic amines is 1. The Balaban J connectivity index is 1.61. The van der Waals surface area contributed by atoms with Crippen molar-refractivity contribution in [3.8, 4) is 17.0 Å². The van der Waals surface area contributed by atoms with Crippen molar-refractivity contribution in [2.24, 2.45) is 5.92 Å². The molecule has 174 valence electrons. The summed E-state index contributed by atoms with van der Waals surface area (Å²) < 4.78 is 21.4. The van der Waals surface area contributed by atoms with E-state index in [-0.39, 0.29) is 0 Å². The number of aldehydes is 1. The largest absolute Gasteiger partial charge is 0.491 e. The van der Waals surface area contributed by atoms with Crippen molar-refractivity contribution in [1.82, 2.24) is 15.2 Å². The highest BCUT2D eigenvalue weighted by Crippen LogP contribution is 2.35. The van der Waals surface area contributed by atoms with E-state index in [1.165, 1.54) is 32.1 Å². The van der Waals surface area contributed by atoms with Gasteiger partial charge in [-0.15, -0.1) is 0 Å². The number of aromatic nitrogens is 3. The van der Waals surface area contributed by atoms with Crippen molar-refractivity contribution in [3.05, 3.63) is 48.2 Å². The Bertz CT molecular complexity index is 1100. The Morgan fingerprint density at radius 2 is 2.06 bits per heavy atom. The number of hydrogen-bond acceptors (Lipinski definition) is 6. The fourth-order valence-electron chi connectivity index (χ4n) is 3.98. The predicted molar refractivity (Wildman–Crippen MR) is 131 cm³/mol. The fraction of sp³-hybridized carbons (Fsp3) is 0.375. The van der Waals surface area contributed by atoms with Gasteiger partial charge < -0.3 is 14.8 Å². The first-order chi connectivity index (χ1) is 16.2. The molecule has 2 heterocycles. The lowest BCUT2D eigenvalue weighted by Gasteiger charge is -2.22. The number of carbonyl (C=O) groups is 1. The van der Waals surface area contributed by atoms with E-state index < -0.39 is 11.0 Å². The van der Waals surface area contributed by atoms with Gasteiger partial charge in [0.05, 0.1) is 23.6 Å². The minimum atomic E-state index is -1.20. The second kappa shape index (κ2) is 11.1. The zero-order valence-corrected chi connectivity index (χ0v) is 19.5. The minimum absolute atomic E-state index is 0.400. The standard InChI is InChI=1S/C24H29N5O3S/c1-2-33(31)29-20-12-11-18(14-21(20)32-16-17-8-4-3-5-9-17)23-19(15-30)24(28-27-23)26-22-10-6-7-13-25-22/h6-7,10-15,17,29H,2-5,8-9,16H2,1H3,(H2,25,26,27,28). The van der Waals surface area contributed by atoms with Crippen LogP contribution >= 0.6 is 0 Å². The van der Waals surface area contributed by atoms with Crippen molar-refractivity contribution >= 4 is 34.6 Å². The van der Waals surface area contributed by atoms with Gasteiger partial charge in [0.1, 0.15) is 22.6 Å². The van der Waals surface area contributed by atoms with E-state index in [9.17, 15) is 9.00 Å². The van der Waals surface area contributed by atoms with Gasteiger partial charge in [-0.3, -0.25) is 9.89 Å². The number of ether oxygens (including phenoxy) is 1. The highest BCUT2D eigenvalue weighted by atomic mass is 32.2. The van der Waals surface area contributed by atoms with Gasteiger partial charge >= 0.3 is 0 Å². The average molecular weight is 468 g/mol. The molecule has 1 aliphatic carbocycles. The predicted octanol–water partition coefficient (Wildman–Crippen LogP) is 5.08. The van der Waals surface area contributed by atoms with E-state index >= 15 is 0 Å². The third-order valence-electron chi connectivity index (χ3n) is 5.79. The van der Waals surface area contributed by atoms with Crippen molar-refractivity contribution in [1.29, 1.82) is 0 Å². The van der Waals surface area contributed by atoms with Crippen LogP contribution in [-0.4, -0.2) is 38.0 Å². The number of rotatable bonds is 10. The zero-order chi connectivity index (χ0) is 23.0. The molecule has 1 saturated carbocycles. The number of H-pyrrole nitrogens is 1. The maximum atomic E-state index is 12.1. The van der Waals surface area contributed by atoms with E-state index in [1.807, 2.05) is 37.3 Å². The normalized spacial score (nSPS) is 15.1. The number of hydrogen-bond donors (Lipinski definition) is 3. The molecule has 4 rings (SSSR count). The van der Waals surface area contributed by atoms with Gasteiger partial charge in [0.2, 0.25) is 0 Å². The molecular weight excluding hydrogens is 438 g/mol. The lowest BCUT2D eigenvalue weighted by molar-refractivity contribution is 0.112. The van der Waals surface area contributed by atoms with Gasteiger partial charge in [0, 0.05) is 17.5 Å². The Kier molecular flexibility index (Phi) is 7.72. The molecule has 0 aliphatic heterocycles. The summed E-state index contributed by atoms with van der Waals surface area (Å²) in [4.78, 5) is 16.2. The summed E-state index contributed by atoms with van der Waals surface area (Å²) in [6.45, 7) is 2.48. The summed E-state index contributed by atoms with van der Waals surface area (Å²) >= 11 is 0. The Morgan fingerprint density at radius 1 is 1.21 bits per heavy atom. The molecule has 3 aromatic rings. The molecule has 8 nitrogen and oxygen atoms in total. The van der Waals surface area contributed by atoms with Crippen LogP contribution in [0.15, 0.2) is 42.6 Å². The van der Waals surface area contributed by atoms with Crippen molar-refractivity contribution in [2.75, 3.05) is 22.4 Å². The summed E-state index contributed by atoms with van der Waals surface area (Å²) in [5.74, 6) is 2.63. The quantitative estimate of drug-likeness (QED) is 0.359. The molecule has 0 amide bonds. The molecule has 1 fully saturated rings. The average Bonchev–Trinajstić information content (AvgIpc) is 3.27. The molecular formula is C24H29N5O3S. The summed E-state index contributed by atoms with van der Waals surface area (Å²) in [6, 6.07) is 11.0. The number of anilines is 3. The van der Waals surface area contributed by atoms with E-state index in [2.05, 4.69) is 25.2 Å². The van der Waals surface area contributed by atoms with E-state index in [4.69, 9.17) is 4.74 Å². The number of nitrogens with zero attached hydrogens (tertiary/aromatic N) is 2. The van der Waals surface area contributed by atoms with Gasteiger partial charge in [-0.1, -0.05) is 38.3 Å². The van der Waals surface area contributed by atoms with Gasteiger partial charge in [-0.2, -0.15) is 5.10 Å². The molecule has 1 atom stereocenters. The molecule has 9 heteroatoms. The molecule has 1 aromatic carbocycles.